The average Bonchev–Trinajstić information content (AvgIpc) is 3.13. The first kappa shape index (κ1) is 12.5. The molecule has 0 amide bonds. The molecule has 110 valence electrons. The molecule has 22 heavy (non-hydrogen) atoms. The number of aryl methyl sites for hydroxylation is 1. The van der Waals surface area contributed by atoms with Crippen molar-refractivity contribution in [1.29, 1.82) is 0 Å². The molecule has 1 aliphatic carbocycles. The lowest BCUT2D eigenvalue weighted by Gasteiger charge is -2.09. The normalized spacial score (nSPS) is 16.8. The third-order valence-electron chi connectivity index (χ3n) is 4.43. The Bertz CT molecular complexity index is 895. The van der Waals surface area contributed by atoms with Crippen molar-refractivity contribution in [3.05, 3.63) is 41.9 Å². The third-order valence-corrected chi connectivity index (χ3v) is 5.37. The van der Waals surface area contributed by atoms with Crippen LogP contribution in [0.1, 0.15) is 30.1 Å². The molecule has 1 aliphatic heterocycles. The summed E-state index contributed by atoms with van der Waals surface area (Å²) in [6.45, 7) is 2.11. The minimum atomic E-state index is 0.590. The molecule has 2 aromatic heterocycles. The summed E-state index contributed by atoms with van der Waals surface area (Å²) in [5.41, 5.74) is 5.63. The van der Waals surface area contributed by atoms with Gasteiger partial charge in [-0.25, -0.2) is 9.97 Å². The summed E-state index contributed by atoms with van der Waals surface area (Å²) in [4.78, 5) is 10.9. The van der Waals surface area contributed by atoms with Gasteiger partial charge in [-0.3, -0.25) is 4.57 Å². The molecule has 0 spiro atoms. The number of aromatic nitrogens is 3. The number of benzene rings is 1. The molecule has 0 bridgehead atoms. The van der Waals surface area contributed by atoms with Gasteiger partial charge in [-0.2, -0.15) is 0 Å². The second kappa shape index (κ2) is 4.49. The molecular weight excluding hydrogens is 292 g/mol. The van der Waals surface area contributed by atoms with Gasteiger partial charge in [0, 0.05) is 22.7 Å². The van der Waals surface area contributed by atoms with Crippen molar-refractivity contribution in [2.75, 3.05) is 11.2 Å². The van der Waals surface area contributed by atoms with E-state index in [9.17, 15) is 0 Å². The highest BCUT2D eigenvalue weighted by Gasteiger charge is 2.31. The van der Waals surface area contributed by atoms with Crippen molar-refractivity contribution >= 4 is 28.6 Å². The molecular formula is C17H16N4S. The lowest BCUT2D eigenvalue weighted by molar-refractivity contribution is 0.888. The Hall–Kier alpha value is -2.01. The highest BCUT2D eigenvalue weighted by molar-refractivity contribution is 7.99. The Morgan fingerprint density at radius 2 is 2.18 bits per heavy atom. The number of thioether (sulfide) groups is 1. The average molecular weight is 308 g/mol. The van der Waals surface area contributed by atoms with E-state index in [0.29, 0.717) is 5.92 Å². The third kappa shape index (κ3) is 1.78. The van der Waals surface area contributed by atoms with Crippen molar-refractivity contribution in [2.45, 2.75) is 30.6 Å². The molecule has 4 nitrogen and oxygen atoms in total. The van der Waals surface area contributed by atoms with Gasteiger partial charge in [-0.05, 0) is 49.6 Å². The maximum absolute atomic E-state index is 4.92. The fourth-order valence-corrected chi connectivity index (χ4v) is 3.97. The summed E-state index contributed by atoms with van der Waals surface area (Å²) in [7, 11) is 0. The van der Waals surface area contributed by atoms with Crippen LogP contribution in [0.2, 0.25) is 0 Å². The number of hydrogen-bond acceptors (Lipinski definition) is 4. The van der Waals surface area contributed by atoms with E-state index in [1.54, 1.807) is 0 Å². The van der Waals surface area contributed by atoms with E-state index in [1.165, 1.54) is 40.5 Å². The zero-order valence-corrected chi connectivity index (χ0v) is 13.2. The van der Waals surface area contributed by atoms with Crippen LogP contribution in [-0.4, -0.2) is 20.4 Å². The van der Waals surface area contributed by atoms with Crippen LogP contribution in [-0.2, 0) is 0 Å². The molecule has 0 unspecified atom stereocenters. The number of imidazole rings is 1. The van der Waals surface area contributed by atoms with Crippen molar-refractivity contribution in [1.82, 2.24) is 14.5 Å². The van der Waals surface area contributed by atoms with Gasteiger partial charge in [-0.1, -0.05) is 0 Å². The maximum Gasteiger partial charge on any atom is 0.164 e. The first-order valence-corrected chi connectivity index (χ1v) is 8.65. The first-order valence-electron chi connectivity index (χ1n) is 7.66. The standard InChI is InChI=1S/C17H16N4S/c1-10-6-7-18-17-15(10)20-16(11-2-3-11)21(17)12-4-5-13-14(8-12)22-9-19-13/h4-8,11,19H,2-3,9H2,1H3. The fourth-order valence-electron chi connectivity index (χ4n) is 3.09. The molecule has 0 atom stereocenters. The van der Waals surface area contributed by atoms with E-state index >= 15 is 0 Å². The van der Waals surface area contributed by atoms with Gasteiger partial charge < -0.3 is 5.32 Å². The van der Waals surface area contributed by atoms with Gasteiger partial charge in [0.2, 0.25) is 0 Å². The number of anilines is 1. The Morgan fingerprint density at radius 3 is 3.05 bits per heavy atom. The minimum absolute atomic E-state index is 0.590. The number of rotatable bonds is 2. The molecule has 1 aromatic carbocycles. The zero-order valence-electron chi connectivity index (χ0n) is 12.3. The van der Waals surface area contributed by atoms with Crippen molar-refractivity contribution < 1.29 is 0 Å². The molecule has 1 N–H and O–H groups in total. The minimum Gasteiger partial charge on any atom is -0.375 e. The Kier molecular flexibility index (Phi) is 2.56. The van der Waals surface area contributed by atoms with Crippen LogP contribution in [0.25, 0.3) is 16.9 Å². The number of fused-ring (bicyclic) bond motifs is 2. The second-order valence-corrected chi connectivity index (χ2v) is 7.04. The van der Waals surface area contributed by atoms with Crippen LogP contribution < -0.4 is 5.32 Å². The molecule has 5 heteroatoms. The quantitative estimate of drug-likeness (QED) is 0.774. The monoisotopic (exact) mass is 308 g/mol. The zero-order chi connectivity index (χ0) is 14.7. The highest BCUT2D eigenvalue weighted by Crippen LogP contribution is 2.43. The van der Waals surface area contributed by atoms with E-state index < -0.39 is 0 Å². The van der Waals surface area contributed by atoms with Crippen LogP contribution in [0, 0.1) is 6.92 Å². The van der Waals surface area contributed by atoms with Gasteiger partial charge >= 0.3 is 0 Å². The summed E-state index contributed by atoms with van der Waals surface area (Å²) < 4.78 is 2.26. The van der Waals surface area contributed by atoms with Crippen LogP contribution in [0.5, 0.6) is 0 Å². The van der Waals surface area contributed by atoms with Gasteiger partial charge in [0.15, 0.2) is 5.65 Å². The fraction of sp³-hybridized carbons (Fsp3) is 0.294. The van der Waals surface area contributed by atoms with Gasteiger partial charge in [0.05, 0.1) is 11.6 Å². The maximum atomic E-state index is 4.92. The predicted octanol–water partition coefficient (Wildman–Crippen LogP) is 4.08. The molecule has 1 fully saturated rings. The predicted molar refractivity (Wildman–Crippen MR) is 89.9 cm³/mol. The molecule has 5 rings (SSSR count). The molecule has 3 heterocycles. The summed E-state index contributed by atoms with van der Waals surface area (Å²) >= 11 is 1.85. The second-order valence-electron chi connectivity index (χ2n) is 6.03. The van der Waals surface area contributed by atoms with Crippen LogP contribution >= 0.6 is 11.8 Å². The molecule has 3 aromatic rings. The Morgan fingerprint density at radius 1 is 1.27 bits per heavy atom. The number of nitrogens with zero attached hydrogens (tertiary/aromatic N) is 3. The van der Waals surface area contributed by atoms with Crippen molar-refractivity contribution in [3.63, 3.8) is 0 Å². The largest absolute Gasteiger partial charge is 0.375 e. The molecule has 2 aliphatic rings. The summed E-state index contributed by atoms with van der Waals surface area (Å²) in [5.74, 6) is 2.72. The van der Waals surface area contributed by atoms with Gasteiger partial charge in [0.1, 0.15) is 11.3 Å². The first-order chi connectivity index (χ1) is 10.8. The van der Waals surface area contributed by atoms with Gasteiger partial charge in [-0.15, -0.1) is 11.8 Å². The van der Waals surface area contributed by atoms with Gasteiger partial charge in [0.25, 0.3) is 0 Å². The Balaban J connectivity index is 1.79. The van der Waals surface area contributed by atoms with Crippen LogP contribution in [0.4, 0.5) is 5.69 Å². The lowest BCUT2D eigenvalue weighted by atomic mass is 10.2. The lowest BCUT2D eigenvalue weighted by Crippen LogP contribution is -2.01. The summed E-state index contributed by atoms with van der Waals surface area (Å²) in [6, 6.07) is 8.65. The number of hydrogen-bond donors (Lipinski definition) is 1. The molecule has 0 saturated heterocycles. The Labute approximate surface area is 133 Å². The topological polar surface area (TPSA) is 42.7 Å². The van der Waals surface area contributed by atoms with E-state index in [1.807, 2.05) is 24.0 Å². The van der Waals surface area contributed by atoms with Crippen LogP contribution in [0.15, 0.2) is 35.4 Å². The number of pyridine rings is 1. The van der Waals surface area contributed by atoms with Crippen LogP contribution in [0.3, 0.4) is 0 Å². The smallest absolute Gasteiger partial charge is 0.164 e. The molecule has 0 radical (unpaired) electrons. The van der Waals surface area contributed by atoms with E-state index in [0.717, 1.165) is 17.0 Å². The van der Waals surface area contributed by atoms with E-state index in [-0.39, 0.29) is 0 Å². The van der Waals surface area contributed by atoms with Crippen molar-refractivity contribution in [3.8, 4) is 5.69 Å². The summed E-state index contributed by atoms with van der Waals surface area (Å²) in [6.07, 6.45) is 4.36. The highest BCUT2D eigenvalue weighted by atomic mass is 32.2. The van der Waals surface area contributed by atoms with E-state index in [4.69, 9.17) is 4.98 Å². The SMILES string of the molecule is Cc1ccnc2c1nc(C1CC1)n2-c1ccc2c(c1)SCN2. The molecule has 1 saturated carbocycles. The van der Waals surface area contributed by atoms with Crippen molar-refractivity contribution in [2.24, 2.45) is 0 Å². The summed E-state index contributed by atoms with van der Waals surface area (Å²) in [5, 5.41) is 3.39. The van der Waals surface area contributed by atoms with E-state index in [2.05, 4.69) is 40.0 Å². The number of nitrogens with one attached hydrogen (secondary N) is 1.